The molecule has 4 rings (SSSR count). The zero-order chi connectivity index (χ0) is 29.8. The summed E-state index contributed by atoms with van der Waals surface area (Å²) in [6.07, 6.45) is 4.85. The van der Waals surface area contributed by atoms with E-state index in [0.717, 1.165) is 24.8 Å². The third kappa shape index (κ3) is 7.33. The van der Waals surface area contributed by atoms with Gasteiger partial charge in [-0.25, -0.2) is 0 Å². The monoisotopic (exact) mass is 570 g/mol. The van der Waals surface area contributed by atoms with E-state index in [2.05, 4.69) is 16.7 Å². The summed E-state index contributed by atoms with van der Waals surface area (Å²) in [6.45, 7) is 7.57. The summed E-state index contributed by atoms with van der Waals surface area (Å²) in [5, 5.41) is 15.6. The number of allylic oxidation sites excluding steroid dienone is 2. The fourth-order valence-corrected chi connectivity index (χ4v) is 5.66. The molecule has 0 radical (unpaired) electrons. The van der Waals surface area contributed by atoms with Crippen LogP contribution in [0.1, 0.15) is 50.7 Å². The van der Waals surface area contributed by atoms with E-state index in [4.69, 9.17) is 15.2 Å². The molecule has 2 aliphatic heterocycles. The van der Waals surface area contributed by atoms with E-state index in [0.29, 0.717) is 37.4 Å². The highest BCUT2D eigenvalue weighted by Crippen LogP contribution is 2.40. The van der Waals surface area contributed by atoms with Gasteiger partial charge in [0.2, 0.25) is 17.7 Å². The maximum atomic E-state index is 14.0. The first-order valence-corrected chi connectivity index (χ1v) is 14.3. The lowest BCUT2D eigenvalue weighted by molar-refractivity contribution is -0.142. The number of nitrogens with one attached hydrogen (secondary N) is 2. The van der Waals surface area contributed by atoms with Crippen LogP contribution < -0.4 is 16.4 Å². The number of phenols is 1. The van der Waals surface area contributed by atoms with Gasteiger partial charge >= 0.3 is 0 Å². The highest BCUT2D eigenvalue weighted by Gasteiger charge is 2.58. The lowest BCUT2D eigenvalue weighted by Crippen LogP contribution is -2.68. The molecule has 1 aliphatic carbocycles. The fraction of sp³-hybridized carbons (Fsp3) is 0.600. The van der Waals surface area contributed by atoms with Crippen molar-refractivity contribution in [1.82, 2.24) is 15.5 Å². The third-order valence-corrected chi connectivity index (χ3v) is 8.38. The number of carbonyl (C=O) groups is 4. The molecule has 2 saturated heterocycles. The Hall–Kier alpha value is -3.28. The predicted octanol–water partition coefficient (Wildman–Crippen LogP) is 0.895. The number of ether oxygens (including phenoxy) is 2. The zero-order valence-corrected chi connectivity index (χ0v) is 24.2. The molecule has 1 aromatic carbocycles. The second-order valence-electron chi connectivity index (χ2n) is 11.7. The van der Waals surface area contributed by atoms with Gasteiger partial charge in [-0.2, -0.15) is 0 Å². The first-order chi connectivity index (χ1) is 19.4. The van der Waals surface area contributed by atoms with E-state index in [-0.39, 0.29) is 43.4 Å². The Morgan fingerprint density at radius 2 is 1.93 bits per heavy atom. The molecule has 0 saturated carbocycles. The number of primary amides is 1. The molecular formula is C30H42N4O7. The summed E-state index contributed by atoms with van der Waals surface area (Å²) < 4.78 is 10.8. The number of hydrogen-bond donors (Lipinski definition) is 4. The molecule has 224 valence electrons. The van der Waals surface area contributed by atoms with Gasteiger partial charge in [-0.15, -0.1) is 0 Å². The van der Waals surface area contributed by atoms with Crippen LogP contribution in [0.3, 0.4) is 0 Å². The van der Waals surface area contributed by atoms with Gasteiger partial charge in [0.25, 0.3) is 0 Å². The average molecular weight is 571 g/mol. The van der Waals surface area contributed by atoms with Crippen molar-refractivity contribution in [3.8, 4) is 5.75 Å². The van der Waals surface area contributed by atoms with Crippen molar-refractivity contribution in [3.63, 3.8) is 0 Å². The number of epoxide rings is 1. The van der Waals surface area contributed by atoms with Crippen LogP contribution in [0.15, 0.2) is 29.8 Å². The highest BCUT2D eigenvalue weighted by atomic mass is 16.6. The molecule has 5 N–H and O–H groups in total. The largest absolute Gasteiger partial charge is 0.508 e. The van der Waals surface area contributed by atoms with Crippen molar-refractivity contribution < 1.29 is 33.8 Å². The van der Waals surface area contributed by atoms with E-state index in [1.165, 1.54) is 13.0 Å². The smallest absolute Gasteiger partial charge is 0.244 e. The van der Waals surface area contributed by atoms with E-state index in [9.17, 15) is 24.3 Å². The molecule has 4 atom stereocenters. The van der Waals surface area contributed by atoms with Crippen LogP contribution in [0.2, 0.25) is 0 Å². The summed E-state index contributed by atoms with van der Waals surface area (Å²) in [6, 6.07) is 3.86. The lowest BCUT2D eigenvalue weighted by atomic mass is 9.70. The number of ketones is 1. The maximum Gasteiger partial charge on any atom is 0.244 e. The van der Waals surface area contributed by atoms with Crippen LogP contribution >= 0.6 is 0 Å². The van der Waals surface area contributed by atoms with Crippen LogP contribution in [-0.4, -0.2) is 90.1 Å². The van der Waals surface area contributed by atoms with Gasteiger partial charge in [0.1, 0.15) is 22.9 Å². The van der Waals surface area contributed by atoms with Crippen molar-refractivity contribution in [2.24, 2.45) is 11.7 Å². The summed E-state index contributed by atoms with van der Waals surface area (Å²) in [5.41, 5.74) is 5.45. The lowest BCUT2D eigenvalue weighted by Gasteiger charge is -2.40. The molecule has 3 aliphatic rings. The van der Waals surface area contributed by atoms with Crippen LogP contribution in [0.4, 0.5) is 0 Å². The minimum atomic E-state index is -1.82. The van der Waals surface area contributed by atoms with Crippen LogP contribution in [-0.2, 0) is 35.1 Å². The number of benzene rings is 1. The second kappa shape index (κ2) is 12.7. The molecule has 2 fully saturated rings. The Bertz CT molecular complexity index is 1210. The van der Waals surface area contributed by atoms with Gasteiger partial charge in [0.15, 0.2) is 5.78 Å². The minimum Gasteiger partial charge on any atom is -0.508 e. The van der Waals surface area contributed by atoms with Crippen LogP contribution in [0.5, 0.6) is 5.75 Å². The van der Waals surface area contributed by atoms with Gasteiger partial charge in [-0.3, -0.25) is 24.1 Å². The number of rotatable bonds is 13. The third-order valence-electron chi connectivity index (χ3n) is 8.38. The summed E-state index contributed by atoms with van der Waals surface area (Å²) in [5.74, 6) is -3.05. The van der Waals surface area contributed by atoms with Gasteiger partial charge in [0, 0.05) is 19.5 Å². The molecule has 3 amide bonds. The summed E-state index contributed by atoms with van der Waals surface area (Å²) >= 11 is 0. The molecule has 0 spiro atoms. The molecule has 1 aromatic rings. The van der Waals surface area contributed by atoms with Crippen molar-refractivity contribution in [1.29, 1.82) is 0 Å². The first kappa shape index (κ1) is 30.7. The molecule has 1 unspecified atom stereocenters. The zero-order valence-electron chi connectivity index (χ0n) is 24.2. The molecule has 11 nitrogen and oxygen atoms in total. The Morgan fingerprint density at radius 3 is 2.51 bits per heavy atom. The fourth-order valence-electron chi connectivity index (χ4n) is 5.66. The van der Waals surface area contributed by atoms with Crippen molar-refractivity contribution >= 4 is 23.5 Å². The van der Waals surface area contributed by atoms with Crippen molar-refractivity contribution in [3.05, 3.63) is 41.0 Å². The SMILES string of the molecule is Cc1cc(CC(NC(=O)[C@H](C)NC(=O)CN2CCOCC2)(C(N)=O)[C@H](CC2=CCCC2)C(=O)[C@@]2(C)CO2)ccc1O. The van der Waals surface area contributed by atoms with Gasteiger partial charge in [-0.1, -0.05) is 23.8 Å². The number of Topliss-reactive ketones (excluding diaryl/α,β-unsaturated/α-hetero) is 1. The topological polar surface area (TPSA) is 164 Å². The molecule has 41 heavy (non-hydrogen) atoms. The van der Waals surface area contributed by atoms with Crippen LogP contribution in [0.25, 0.3) is 0 Å². The quantitative estimate of drug-likeness (QED) is 0.201. The van der Waals surface area contributed by atoms with Gasteiger partial charge < -0.3 is 30.9 Å². The van der Waals surface area contributed by atoms with E-state index >= 15 is 0 Å². The normalized spacial score (nSPS) is 23.5. The van der Waals surface area contributed by atoms with E-state index in [1.807, 2.05) is 4.90 Å². The van der Waals surface area contributed by atoms with Gasteiger partial charge in [0.05, 0.1) is 32.3 Å². The second-order valence-corrected chi connectivity index (χ2v) is 11.7. The Labute approximate surface area is 240 Å². The molecule has 2 heterocycles. The van der Waals surface area contributed by atoms with Crippen molar-refractivity contribution in [2.45, 2.75) is 70.1 Å². The average Bonchev–Trinajstić information content (AvgIpc) is 3.47. The number of nitrogens with zero attached hydrogens (tertiary/aromatic N) is 1. The molecular weight excluding hydrogens is 528 g/mol. The Morgan fingerprint density at radius 1 is 1.22 bits per heavy atom. The number of aromatic hydroxyl groups is 1. The molecule has 0 bridgehead atoms. The number of nitrogens with two attached hydrogens (primary N) is 1. The van der Waals surface area contributed by atoms with Gasteiger partial charge in [-0.05, 0) is 63.6 Å². The predicted molar refractivity (Wildman–Crippen MR) is 151 cm³/mol. The summed E-state index contributed by atoms with van der Waals surface area (Å²) in [7, 11) is 0. The van der Waals surface area contributed by atoms with E-state index < -0.39 is 34.9 Å². The number of phenolic OH excluding ortho intramolecular Hbond substituents is 1. The van der Waals surface area contributed by atoms with E-state index in [1.54, 1.807) is 26.0 Å². The first-order valence-electron chi connectivity index (χ1n) is 14.3. The molecule has 0 aromatic heterocycles. The number of hydrogen-bond acceptors (Lipinski definition) is 8. The minimum absolute atomic E-state index is 0.0800. The Kier molecular flexibility index (Phi) is 9.51. The number of carbonyl (C=O) groups excluding carboxylic acids is 4. The highest BCUT2D eigenvalue weighted by molar-refractivity contribution is 6.02. The van der Waals surface area contributed by atoms with Crippen molar-refractivity contribution in [2.75, 3.05) is 39.5 Å². The van der Waals surface area contributed by atoms with Crippen LogP contribution in [0, 0.1) is 12.8 Å². The molecule has 11 heteroatoms. The summed E-state index contributed by atoms with van der Waals surface area (Å²) in [4.78, 5) is 55.9. The number of morpholine rings is 1. The number of amides is 3. The standard InChI is InChI=1S/C30H42N4O7/c1-19-14-22(8-9-24(19)35)16-30(28(31)39,23(15-21-6-4-5-7-21)26(37)29(3)18-41-29)33-27(38)20(2)32-25(36)17-34-10-12-40-13-11-34/h6,8-9,14,20,23,35H,4-5,7,10-13,15-18H2,1-3H3,(H2,31,39)(H,32,36)(H,33,38)/t20-,23+,29+,30?/m0/s1. The number of aryl methyl sites for hydroxylation is 1. The Balaban J connectivity index is 1.65. The maximum absolute atomic E-state index is 14.0.